The number of ketones is 1. The molecule has 0 saturated carbocycles. The van der Waals surface area contributed by atoms with Crippen LogP contribution in [0.1, 0.15) is 47.6 Å². The Morgan fingerprint density at radius 3 is 2.60 bits per heavy atom. The Hall–Kier alpha value is -2.31. The normalized spacial score (nSPS) is 21.4. The fourth-order valence-corrected chi connectivity index (χ4v) is 6.48. The van der Waals surface area contributed by atoms with Gasteiger partial charge in [0.25, 0.3) is 0 Å². The van der Waals surface area contributed by atoms with Gasteiger partial charge in [0.15, 0.2) is 5.78 Å². The molecule has 0 saturated heterocycles. The van der Waals surface area contributed by atoms with Crippen molar-refractivity contribution >= 4 is 34.9 Å². The molecule has 0 radical (unpaired) electrons. The number of ether oxygens (including phenoxy) is 1. The maximum Gasteiger partial charge on any atom is 0.336 e. The number of aryl methyl sites for hydroxylation is 1. The van der Waals surface area contributed by atoms with E-state index in [-0.39, 0.29) is 23.6 Å². The SMILES string of the molecule is COC(=O)C1=C(C)NC2=C(C(=O)C[C@@H](c3ccccc3)C2)[C@@H]1c1cc(C)sc1SC. The minimum atomic E-state index is -0.384. The van der Waals surface area contributed by atoms with E-state index in [1.165, 1.54) is 17.6 Å². The van der Waals surface area contributed by atoms with Crippen LogP contribution >= 0.6 is 23.1 Å². The van der Waals surface area contributed by atoms with E-state index in [9.17, 15) is 9.59 Å². The number of carbonyl (C=O) groups excluding carboxylic acids is 2. The summed E-state index contributed by atoms with van der Waals surface area (Å²) in [5.41, 5.74) is 5.17. The van der Waals surface area contributed by atoms with Gasteiger partial charge in [-0.15, -0.1) is 23.1 Å². The maximum absolute atomic E-state index is 13.5. The molecule has 156 valence electrons. The summed E-state index contributed by atoms with van der Waals surface area (Å²) in [5.74, 6) is -0.523. The second kappa shape index (κ2) is 8.44. The van der Waals surface area contributed by atoms with Crippen molar-refractivity contribution in [2.75, 3.05) is 13.4 Å². The molecule has 30 heavy (non-hydrogen) atoms. The number of rotatable bonds is 4. The average molecular weight is 440 g/mol. The molecule has 1 aromatic heterocycles. The van der Waals surface area contributed by atoms with Crippen LogP contribution in [0.25, 0.3) is 0 Å². The lowest BCUT2D eigenvalue weighted by Gasteiger charge is -2.36. The molecule has 2 atom stereocenters. The average Bonchev–Trinajstić information content (AvgIpc) is 3.13. The zero-order chi connectivity index (χ0) is 21.4. The molecular formula is C24H25NO3S2. The van der Waals surface area contributed by atoms with Crippen molar-refractivity contribution in [1.82, 2.24) is 5.32 Å². The van der Waals surface area contributed by atoms with Gasteiger partial charge in [0.1, 0.15) is 0 Å². The van der Waals surface area contributed by atoms with Crippen LogP contribution in [0, 0.1) is 6.92 Å². The second-order valence-electron chi connectivity index (χ2n) is 7.72. The Kier molecular flexibility index (Phi) is 5.89. The molecule has 1 aliphatic heterocycles. The van der Waals surface area contributed by atoms with Gasteiger partial charge in [-0.05, 0) is 49.6 Å². The number of dihydropyridines is 1. The largest absolute Gasteiger partial charge is 0.466 e. The van der Waals surface area contributed by atoms with Crippen LogP contribution in [-0.2, 0) is 14.3 Å². The first-order valence-corrected chi connectivity index (χ1v) is 12.0. The summed E-state index contributed by atoms with van der Waals surface area (Å²) in [6.07, 6.45) is 3.24. The Labute approximate surface area is 185 Å². The zero-order valence-corrected chi connectivity index (χ0v) is 19.2. The minimum absolute atomic E-state index is 0.104. The van der Waals surface area contributed by atoms with Crippen LogP contribution in [0.3, 0.4) is 0 Å². The van der Waals surface area contributed by atoms with Crippen molar-refractivity contribution in [3.8, 4) is 0 Å². The van der Waals surface area contributed by atoms with E-state index in [0.717, 1.165) is 33.2 Å². The Morgan fingerprint density at radius 2 is 1.93 bits per heavy atom. The molecule has 2 aliphatic rings. The molecule has 0 amide bonds. The van der Waals surface area contributed by atoms with Crippen molar-refractivity contribution in [2.24, 2.45) is 0 Å². The minimum Gasteiger partial charge on any atom is -0.466 e. The number of thiophene rings is 1. The number of carbonyl (C=O) groups is 2. The number of benzene rings is 1. The number of nitrogens with one attached hydrogen (secondary N) is 1. The van der Waals surface area contributed by atoms with E-state index in [4.69, 9.17) is 4.74 Å². The maximum atomic E-state index is 13.5. The standard InChI is InChI=1S/C24H25NO3S2/c1-13-10-17(24(29-4)30-13)21-20(23(27)28-3)14(2)25-18-11-16(12-19(26)22(18)21)15-8-6-5-7-9-15/h5-10,16,21,25H,11-12H2,1-4H3/t16-,21+/m0/s1. The summed E-state index contributed by atoms with van der Waals surface area (Å²) in [6, 6.07) is 12.3. The van der Waals surface area contributed by atoms with Gasteiger partial charge in [-0.2, -0.15) is 0 Å². The van der Waals surface area contributed by atoms with Gasteiger partial charge in [0.05, 0.1) is 22.8 Å². The highest BCUT2D eigenvalue weighted by atomic mass is 32.2. The fourth-order valence-electron chi connectivity index (χ4n) is 4.56. The van der Waals surface area contributed by atoms with E-state index >= 15 is 0 Å². The summed E-state index contributed by atoms with van der Waals surface area (Å²) >= 11 is 3.36. The molecule has 6 heteroatoms. The van der Waals surface area contributed by atoms with E-state index in [2.05, 4.69) is 30.4 Å². The monoisotopic (exact) mass is 439 g/mol. The van der Waals surface area contributed by atoms with Gasteiger partial charge in [0, 0.05) is 28.3 Å². The van der Waals surface area contributed by atoms with Gasteiger partial charge in [0.2, 0.25) is 0 Å². The molecule has 1 aromatic carbocycles. The third-order valence-electron chi connectivity index (χ3n) is 5.85. The van der Waals surface area contributed by atoms with Gasteiger partial charge in [-0.1, -0.05) is 30.3 Å². The molecule has 1 N–H and O–H groups in total. The lowest BCUT2D eigenvalue weighted by atomic mass is 9.72. The predicted octanol–water partition coefficient (Wildman–Crippen LogP) is 5.31. The van der Waals surface area contributed by atoms with Crippen molar-refractivity contribution in [1.29, 1.82) is 0 Å². The highest BCUT2D eigenvalue weighted by molar-refractivity contribution is 8.00. The van der Waals surface area contributed by atoms with Gasteiger partial charge in [-0.3, -0.25) is 4.79 Å². The van der Waals surface area contributed by atoms with Crippen molar-refractivity contribution < 1.29 is 14.3 Å². The number of methoxy groups -OCH3 is 1. The zero-order valence-electron chi connectivity index (χ0n) is 17.6. The number of thioether (sulfide) groups is 1. The third kappa shape index (κ3) is 3.63. The number of Topliss-reactive ketones (excluding diaryl/α,β-unsaturated/α-hetero) is 1. The van der Waals surface area contributed by atoms with Crippen LogP contribution in [0.5, 0.6) is 0 Å². The lowest BCUT2D eigenvalue weighted by Crippen LogP contribution is -2.36. The first kappa shape index (κ1) is 20.9. The second-order valence-corrected chi connectivity index (χ2v) is 10.1. The number of hydrogen-bond acceptors (Lipinski definition) is 6. The first-order chi connectivity index (χ1) is 14.4. The summed E-state index contributed by atoms with van der Waals surface area (Å²) in [4.78, 5) is 27.4. The van der Waals surface area contributed by atoms with E-state index in [1.54, 1.807) is 23.1 Å². The third-order valence-corrected chi connectivity index (χ3v) is 8.07. The molecular weight excluding hydrogens is 414 g/mol. The number of hydrogen-bond donors (Lipinski definition) is 1. The summed E-state index contributed by atoms with van der Waals surface area (Å²) < 4.78 is 6.26. The lowest BCUT2D eigenvalue weighted by molar-refractivity contribution is -0.136. The summed E-state index contributed by atoms with van der Waals surface area (Å²) in [7, 11) is 1.39. The molecule has 4 nitrogen and oxygen atoms in total. The van der Waals surface area contributed by atoms with Crippen molar-refractivity contribution in [3.05, 3.63) is 74.9 Å². The van der Waals surface area contributed by atoms with Gasteiger partial charge < -0.3 is 10.1 Å². The van der Waals surface area contributed by atoms with Crippen LogP contribution in [0.15, 0.2) is 63.1 Å². The first-order valence-electron chi connectivity index (χ1n) is 9.96. The van der Waals surface area contributed by atoms with E-state index in [0.29, 0.717) is 12.0 Å². The Bertz CT molecular complexity index is 1070. The quantitative estimate of drug-likeness (QED) is 0.517. The predicted molar refractivity (Wildman–Crippen MR) is 122 cm³/mol. The summed E-state index contributed by atoms with van der Waals surface area (Å²) in [5, 5.41) is 3.39. The highest BCUT2D eigenvalue weighted by Gasteiger charge is 2.42. The molecule has 1 aliphatic carbocycles. The van der Waals surface area contributed by atoms with Gasteiger partial charge >= 0.3 is 5.97 Å². The molecule has 0 fully saturated rings. The van der Waals surface area contributed by atoms with Gasteiger partial charge in [-0.25, -0.2) is 4.79 Å². The number of esters is 1. The van der Waals surface area contributed by atoms with Crippen LogP contribution in [-0.4, -0.2) is 25.1 Å². The molecule has 4 rings (SSSR count). The Morgan fingerprint density at radius 1 is 1.20 bits per heavy atom. The van der Waals surface area contributed by atoms with Crippen LogP contribution in [0.4, 0.5) is 0 Å². The highest BCUT2D eigenvalue weighted by Crippen LogP contribution is 2.49. The smallest absolute Gasteiger partial charge is 0.336 e. The molecule has 0 unspecified atom stereocenters. The topological polar surface area (TPSA) is 55.4 Å². The molecule has 2 heterocycles. The van der Waals surface area contributed by atoms with E-state index in [1.807, 2.05) is 31.4 Å². The van der Waals surface area contributed by atoms with E-state index < -0.39 is 0 Å². The van der Waals surface area contributed by atoms with Crippen molar-refractivity contribution in [3.63, 3.8) is 0 Å². The Balaban J connectivity index is 1.85. The van der Waals surface area contributed by atoms with Crippen LogP contribution in [0.2, 0.25) is 0 Å². The van der Waals surface area contributed by atoms with Crippen LogP contribution < -0.4 is 5.32 Å². The molecule has 0 spiro atoms. The van der Waals surface area contributed by atoms with Crippen molar-refractivity contribution in [2.45, 2.75) is 42.7 Å². The summed E-state index contributed by atoms with van der Waals surface area (Å²) in [6.45, 7) is 3.96. The molecule has 2 aromatic rings. The molecule has 0 bridgehead atoms. The number of allylic oxidation sites excluding steroid dienone is 3. The fraction of sp³-hybridized carbons (Fsp3) is 0.333.